The van der Waals surface area contributed by atoms with Crippen LogP contribution < -0.4 is 4.72 Å². The number of likely N-dealkylation sites (N-methyl/N-ethyl adjacent to an activating group) is 1. The van der Waals surface area contributed by atoms with Gasteiger partial charge in [0.2, 0.25) is 10.0 Å². The average molecular weight is 323 g/mol. The van der Waals surface area contributed by atoms with Crippen LogP contribution >= 0.6 is 0 Å². The van der Waals surface area contributed by atoms with E-state index in [0.29, 0.717) is 18.0 Å². The van der Waals surface area contributed by atoms with Gasteiger partial charge in [-0.1, -0.05) is 35.5 Å². The molecule has 0 aliphatic carbocycles. The maximum atomic E-state index is 12.7. The Bertz CT molecular complexity index is 704. The Labute approximate surface area is 131 Å². The van der Waals surface area contributed by atoms with Gasteiger partial charge >= 0.3 is 0 Å². The summed E-state index contributed by atoms with van der Waals surface area (Å²) in [6, 6.07) is 9.15. The molecule has 120 valence electrons. The quantitative estimate of drug-likeness (QED) is 0.878. The lowest BCUT2D eigenvalue weighted by Crippen LogP contribution is -2.35. The largest absolute Gasteiger partial charge is 0.360 e. The van der Waals surface area contributed by atoms with Gasteiger partial charge in [0.25, 0.3) is 0 Å². The summed E-state index contributed by atoms with van der Waals surface area (Å²) in [5.74, 6) is 0.293. The first-order valence-electron chi connectivity index (χ1n) is 6.96. The number of benzene rings is 1. The van der Waals surface area contributed by atoms with E-state index in [4.69, 9.17) is 4.52 Å². The zero-order valence-electron chi connectivity index (χ0n) is 13.2. The van der Waals surface area contributed by atoms with E-state index in [2.05, 4.69) is 9.88 Å². The Hall–Kier alpha value is -1.70. The fraction of sp³-hybridized carbons (Fsp3) is 0.400. The molecule has 0 amide bonds. The average Bonchev–Trinajstić information content (AvgIpc) is 2.78. The molecule has 0 aliphatic heterocycles. The lowest BCUT2D eigenvalue weighted by Gasteiger charge is -2.22. The summed E-state index contributed by atoms with van der Waals surface area (Å²) in [6.45, 7) is 3.76. The van der Waals surface area contributed by atoms with Crippen molar-refractivity contribution < 1.29 is 12.9 Å². The highest BCUT2D eigenvalue weighted by Gasteiger charge is 2.27. The molecule has 1 N–H and O–H groups in total. The van der Waals surface area contributed by atoms with Crippen LogP contribution in [0.4, 0.5) is 0 Å². The van der Waals surface area contributed by atoms with Crippen LogP contribution in [0.1, 0.15) is 23.1 Å². The van der Waals surface area contributed by atoms with Crippen molar-refractivity contribution in [2.24, 2.45) is 0 Å². The molecular weight excluding hydrogens is 302 g/mol. The van der Waals surface area contributed by atoms with E-state index < -0.39 is 10.0 Å². The fourth-order valence-electron chi connectivity index (χ4n) is 2.37. The number of rotatable bonds is 6. The van der Waals surface area contributed by atoms with Crippen LogP contribution in [-0.2, 0) is 10.0 Å². The SMILES string of the molecule is Cc1noc(C)c1S(=O)(=O)N[C@@H](CN(C)C)c1ccccc1. The molecule has 2 rings (SSSR count). The van der Waals surface area contributed by atoms with Crippen LogP contribution in [0.5, 0.6) is 0 Å². The first-order valence-corrected chi connectivity index (χ1v) is 8.44. The topological polar surface area (TPSA) is 75.4 Å². The molecule has 0 bridgehead atoms. The first-order chi connectivity index (χ1) is 10.3. The van der Waals surface area contributed by atoms with Gasteiger partial charge in [0, 0.05) is 6.54 Å². The van der Waals surface area contributed by atoms with Gasteiger partial charge in [-0.2, -0.15) is 0 Å². The summed E-state index contributed by atoms with van der Waals surface area (Å²) < 4.78 is 33.1. The molecule has 1 heterocycles. The van der Waals surface area contributed by atoms with Crippen LogP contribution in [0.3, 0.4) is 0 Å². The first kappa shape index (κ1) is 16.7. The Morgan fingerprint density at radius 1 is 1.23 bits per heavy atom. The van der Waals surface area contributed by atoms with E-state index in [1.54, 1.807) is 13.8 Å². The van der Waals surface area contributed by atoms with Crippen molar-refractivity contribution in [2.75, 3.05) is 20.6 Å². The zero-order valence-corrected chi connectivity index (χ0v) is 14.0. The lowest BCUT2D eigenvalue weighted by molar-refractivity contribution is 0.363. The van der Waals surface area contributed by atoms with Crippen molar-refractivity contribution in [1.82, 2.24) is 14.8 Å². The van der Waals surface area contributed by atoms with Crippen LogP contribution in [0.2, 0.25) is 0 Å². The van der Waals surface area contributed by atoms with Gasteiger partial charge in [0.15, 0.2) is 5.76 Å². The monoisotopic (exact) mass is 323 g/mol. The molecule has 7 heteroatoms. The van der Waals surface area contributed by atoms with Gasteiger partial charge in [-0.25, -0.2) is 13.1 Å². The van der Waals surface area contributed by atoms with Crippen LogP contribution in [0.15, 0.2) is 39.8 Å². The van der Waals surface area contributed by atoms with Crippen molar-refractivity contribution in [3.8, 4) is 0 Å². The molecule has 0 fully saturated rings. The number of hydrogen-bond donors (Lipinski definition) is 1. The predicted octanol–water partition coefficient (Wildman–Crippen LogP) is 1.87. The zero-order chi connectivity index (χ0) is 16.3. The Balaban J connectivity index is 2.35. The number of nitrogens with zero attached hydrogens (tertiary/aromatic N) is 2. The minimum absolute atomic E-state index is 0.118. The summed E-state index contributed by atoms with van der Waals surface area (Å²) in [6.07, 6.45) is 0. The van der Waals surface area contributed by atoms with Crippen molar-refractivity contribution >= 4 is 10.0 Å². The highest BCUT2D eigenvalue weighted by Crippen LogP contribution is 2.22. The normalized spacial score (nSPS) is 13.5. The third-order valence-corrected chi connectivity index (χ3v) is 5.00. The molecule has 0 unspecified atom stereocenters. The number of aromatic nitrogens is 1. The van der Waals surface area contributed by atoms with Gasteiger partial charge in [0.05, 0.1) is 6.04 Å². The van der Waals surface area contributed by atoms with Gasteiger partial charge in [0.1, 0.15) is 10.6 Å². The predicted molar refractivity (Wildman–Crippen MR) is 84.0 cm³/mol. The molecule has 6 nitrogen and oxygen atoms in total. The maximum absolute atomic E-state index is 12.7. The van der Waals surface area contributed by atoms with Crippen molar-refractivity contribution in [3.63, 3.8) is 0 Å². The van der Waals surface area contributed by atoms with Gasteiger partial charge in [-0.05, 0) is 33.5 Å². The molecule has 0 saturated heterocycles. The molecular formula is C15H21N3O3S. The van der Waals surface area contributed by atoms with E-state index in [-0.39, 0.29) is 10.9 Å². The Morgan fingerprint density at radius 2 is 1.86 bits per heavy atom. The highest BCUT2D eigenvalue weighted by molar-refractivity contribution is 7.89. The summed E-state index contributed by atoms with van der Waals surface area (Å²) in [5.41, 5.74) is 1.27. The van der Waals surface area contributed by atoms with Crippen molar-refractivity contribution in [3.05, 3.63) is 47.3 Å². The van der Waals surface area contributed by atoms with E-state index in [0.717, 1.165) is 5.56 Å². The van der Waals surface area contributed by atoms with Crippen molar-refractivity contribution in [2.45, 2.75) is 24.8 Å². The molecule has 22 heavy (non-hydrogen) atoms. The second kappa shape index (κ2) is 6.60. The van der Waals surface area contributed by atoms with E-state index >= 15 is 0 Å². The minimum atomic E-state index is -3.70. The second-order valence-corrected chi connectivity index (χ2v) is 7.15. The van der Waals surface area contributed by atoms with Crippen LogP contribution in [-0.4, -0.2) is 39.1 Å². The minimum Gasteiger partial charge on any atom is -0.360 e. The molecule has 1 aromatic heterocycles. The third kappa shape index (κ3) is 3.73. The van der Waals surface area contributed by atoms with Gasteiger partial charge < -0.3 is 9.42 Å². The Morgan fingerprint density at radius 3 is 2.36 bits per heavy atom. The molecule has 0 spiro atoms. The van der Waals surface area contributed by atoms with Crippen LogP contribution in [0, 0.1) is 13.8 Å². The molecule has 0 saturated carbocycles. The number of hydrogen-bond acceptors (Lipinski definition) is 5. The van der Waals surface area contributed by atoms with E-state index in [1.807, 2.05) is 49.3 Å². The number of nitrogens with one attached hydrogen (secondary N) is 1. The molecule has 0 aliphatic rings. The van der Waals surface area contributed by atoms with Crippen molar-refractivity contribution in [1.29, 1.82) is 0 Å². The number of aryl methyl sites for hydroxylation is 2. The molecule has 1 atom stereocenters. The molecule has 0 radical (unpaired) electrons. The number of sulfonamides is 1. The third-order valence-electron chi connectivity index (χ3n) is 3.28. The standard InChI is InChI=1S/C15H21N3O3S/c1-11-15(12(2)21-16-11)22(19,20)17-14(10-18(3)4)13-8-6-5-7-9-13/h5-9,14,17H,10H2,1-4H3/t14-/m0/s1. The summed E-state index contributed by atoms with van der Waals surface area (Å²) in [5, 5.41) is 3.72. The maximum Gasteiger partial charge on any atom is 0.246 e. The van der Waals surface area contributed by atoms with E-state index in [1.165, 1.54) is 0 Å². The smallest absolute Gasteiger partial charge is 0.246 e. The summed E-state index contributed by atoms with van der Waals surface area (Å²) >= 11 is 0. The summed E-state index contributed by atoms with van der Waals surface area (Å²) in [4.78, 5) is 2.06. The highest BCUT2D eigenvalue weighted by atomic mass is 32.2. The summed E-state index contributed by atoms with van der Waals surface area (Å²) in [7, 11) is 0.102. The lowest BCUT2D eigenvalue weighted by atomic mass is 10.1. The Kier molecular flexibility index (Phi) is 5.00. The second-order valence-electron chi connectivity index (χ2n) is 5.50. The van der Waals surface area contributed by atoms with E-state index in [9.17, 15) is 8.42 Å². The molecule has 1 aromatic carbocycles. The fourth-order valence-corrected chi connectivity index (χ4v) is 3.91. The van der Waals surface area contributed by atoms with Gasteiger partial charge in [-0.15, -0.1) is 0 Å². The van der Waals surface area contributed by atoms with Crippen LogP contribution in [0.25, 0.3) is 0 Å². The van der Waals surface area contributed by atoms with Gasteiger partial charge in [-0.3, -0.25) is 0 Å². The molecule has 2 aromatic rings.